The molecule has 1 saturated heterocycles. The molecule has 0 aromatic carbocycles. The first-order valence-electron chi connectivity index (χ1n) is 9.55. The predicted molar refractivity (Wildman–Crippen MR) is 98.9 cm³/mol. The van der Waals surface area contributed by atoms with E-state index in [1.807, 2.05) is 6.20 Å². The number of hydrogen-bond acceptors (Lipinski definition) is 5. The second kappa shape index (κ2) is 7.72. The van der Waals surface area contributed by atoms with E-state index < -0.39 is 0 Å². The van der Waals surface area contributed by atoms with Gasteiger partial charge in [-0.3, -0.25) is 4.90 Å². The summed E-state index contributed by atoms with van der Waals surface area (Å²) in [6.07, 6.45) is 8.97. The Labute approximate surface area is 154 Å². The molecule has 2 aliphatic rings. The first-order chi connectivity index (χ1) is 12.7. The van der Waals surface area contributed by atoms with Crippen LogP contribution in [0.25, 0.3) is 0 Å². The minimum atomic E-state index is 0.331. The summed E-state index contributed by atoms with van der Waals surface area (Å²) in [4.78, 5) is 9.91. The van der Waals surface area contributed by atoms with Gasteiger partial charge < -0.3 is 14.3 Å². The first-order valence-corrected chi connectivity index (χ1v) is 9.55. The fourth-order valence-electron chi connectivity index (χ4n) is 3.98. The molecule has 2 aromatic rings. The van der Waals surface area contributed by atoms with Crippen LogP contribution in [-0.4, -0.2) is 55.9 Å². The van der Waals surface area contributed by atoms with Crippen LogP contribution < -0.4 is 0 Å². The number of fused-ring (bicyclic) bond motifs is 1. The molecule has 4 rings (SSSR count). The zero-order valence-corrected chi connectivity index (χ0v) is 15.7. The van der Waals surface area contributed by atoms with Crippen molar-refractivity contribution in [3.63, 3.8) is 0 Å². The van der Waals surface area contributed by atoms with Crippen molar-refractivity contribution in [3.8, 4) is 0 Å². The van der Waals surface area contributed by atoms with Crippen molar-refractivity contribution in [1.82, 2.24) is 29.6 Å². The number of aromatic nitrogens is 5. The molecular formula is C19H28N6O. The van der Waals surface area contributed by atoms with Gasteiger partial charge in [0.1, 0.15) is 11.6 Å². The lowest BCUT2D eigenvalue weighted by Crippen LogP contribution is -2.39. The molecule has 7 nitrogen and oxygen atoms in total. The molecule has 0 aliphatic carbocycles. The summed E-state index contributed by atoms with van der Waals surface area (Å²) >= 11 is 0. The van der Waals surface area contributed by atoms with Crippen LogP contribution >= 0.6 is 0 Å². The molecule has 26 heavy (non-hydrogen) atoms. The highest BCUT2D eigenvalue weighted by Crippen LogP contribution is 2.32. The van der Waals surface area contributed by atoms with Crippen molar-refractivity contribution in [2.45, 2.75) is 51.6 Å². The van der Waals surface area contributed by atoms with Crippen molar-refractivity contribution < 1.29 is 4.74 Å². The lowest BCUT2D eigenvalue weighted by Gasteiger charge is -2.35. The summed E-state index contributed by atoms with van der Waals surface area (Å²) in [5.74, 6) is 2.69. The van der Waals surface area contributed by atoms with Gasteiger partial charge in [-0.2, -0.15) is 0 Å². The van der Waals surface area contributed by atoms with Gasteiger partial charge in [0, 0.05) is 50.5 Å². The smallest absolute Gasteiger partial charge is 0.147 e. The number of allylic oxidation sites excluding steroid dienone is 1. The first kappa shape index (κ1) is 17.4. The Morgan fingerprint density at radius 2 is 2.15 bits per heavy atom. The molecule has 1 fully saturated rings. The fourth-order valence-corrected chi connectivity index (χ4v) is 3.98. The van der Waals surface area contributed by atoms with Gasteiger partial charge >= 0.3 is 0 Å². The van der Waals surface area contributed by atoms with Gasteiger partial charge in [-0.15, -0.1) is 10.2 Å². The molecule has 0 saturated carbocycles. The van der Waals surface area contributed by atoms with E-state index >= 15 is 0 Å². The Morgan fingerprint density at radius 3 is 2.88 bits per heavy atom. The van der Waals surface area contributed by atoms with Crippen molar-refractivity contribution in [2.24, 2.45) is 0 Å². The van der Waals surface area contributed by atoms with Crippen LogP contribution in [0.4, 0.5) is 0 Å². The largest absolute Gasteiger partial charge is 0.381 e. The molecule has 2 aromatic heterocycles. The van der Waals surface area contributed by atoms with Crippen LogP contribution in [0.15, 0.2) is 24.2 Å². The highest BCUT2D eigenvalue weighted by Gasteiger charge is 2.32. The molecule has 0 bridgehead atoms. The third-order valence-corrected chi connectivity index (χ3v) is 5.35. The van der Waals surface area contributed by atoms with Crippen LogP contribution in [0.5, 0.6) is 0 Å². The van der Waals surface area contributed by atoms with E-state index in [0.29, 0.717) is 12.0 Å². The molecule has 4 heterocycles. The second-order valence-electron chi connectivity index (χ2n) is 7.64. The number of nitrogens with one attached hydrogen (secondary N) is 1. The summed E-state index contributed by atoms with van der Waals surface area (Å²) in [6.45, 7) is 8.77. The molecule has 0 spiro atoms. The normalized spacial score (nSPS) is 21.5. The van der Waals surface area contributed by atoms with Crippen LogP contribution in [0.3, 0.4) is 0 Å². The minimum absolute atomic E-state index is 0.331. The number of aromatic amines is 1. The summed E-state index contributed by atoms with van der Waals surface area (Å²) in [7, 11) is 0. The van der Waals surface area contributed by atoms with Gasteiger partial charge in [0.15, 0.2) is 0 Å². The maximum absolute atomic E-state index is 5.54. The fraction of sp³-hybridized carbons (Fsp3) is 0.632. The van der Waals surface area contributed by atoms with Crippen molar-refractivity contribution >= 4 is 0 Å². The quantitative estimate of drug-likeness (QED) is 0.833. The summed E-state index contributed by atoms with van der Waals surface area (Å²) < 4.78 is 7.95. The lowest BCUT2D eigenvalue weighted by atomic mass is 9.98. The molecule has 0 amide bonds. The monoisotopic (exact) mass is 356 g/mol. The Bertz CT molecular complexity index is 740. The summed E-state index contributed by atoms with van der Waals surface area (Å²) in [5, 5.41) is 9.19. The minimum Gasteiger partial charge on any atom is -0.381 e. The van der Waals surface area contributed by atoms with E-state index in [1.54, 1.807) is 6.33 Å². The molecule has 7 heteroatoms. The van der Waals surface area contributed by atoms with Crippen LogP contribution in [0, 0.1) is 0 Å². The Morgan fingerprint density at radius 1 is 1.31 bits per heavy atom. The highest BCUT2D eigenvalue weighted by molar-refractivity contribution is 5.11. The topological polar surface area (TPSA) is 71.9 Å². The van der Waals surface area contributed by atoms with Crippen molar-refractivity contribution in [2.75, 3.05) is 26.3 Å². The van der Waals surface area contributed by atoms with Gasteiger partial charge in [-0.25, -0.2) is 4.98 Å². The van der Waals surface area contributed by atoms with E-state index in [4.69, 9.17) is 4.74 Å². The van der Waals surface area contributed by atoms with Crippen LogP contribution in [0.1, 0.15) is 56.0 Å². The Kier molecular flexibility index (Phi) is 5.17. The third-order valence-electron chi connectivity index (χ3n) is 5.35. The number of rotatable bonds is 5. The maximum atomic E-state index is 5.54. The summed E-state index contributed by atoms with van der Waals surface area (Å²) in [6, 6.07) is 0.331. The molecule has 1 atom stereocenters. The molecular weight excluding hydrogens is 328 g/mol. The zero-order valence-electron chi connectivity index (χ0n) is 15.7. The lowest BCUT2D eigenvalue weighted by molar-refractivity contribution is 0.0813. The predicted octanol–water partition coefficient (Wildman–Crippen LogP) is 2.46. The van der Waals surface area contributed by atoms with Gasteiger partial charge in [-0.1, -0.05) is 11.6 Å². The molecule has 1 N–H and O–H groups in total. The molecule has 2 aliphatic heterocycles. The standard InChI is InChI=1S/C19H28N6O/c1-14(2)3-6-24-11-17(9-16-10-20-13-21-16)25-18(12-24)22-23-19(25)15-4-7-26-8-5-15/h3,10,13,15,17H,4-9,11-12H2,1-2H3,(H,20,21). The van der Waals surface area contributed by atoms with Gasteiger partial charge in [0.25, 0.3) is 0 Å². The Balaban J connectivity index is 1.62. The van der Waals surface area contributed by atoms with E-state index in [9.17, 15) is 0 Å². The van der Waals surface area contributed by atoms with E-state index in [1.165, 1.54) is 5.57 Å². The average Bonchev–Trinajstić information content (AvgIpc) is 3.30. The van der Waals surface area contributed by atoms with Crippen LogP contribution in [0.2, 0.25) is 0 Å². The van der Waals surface area contributed by atoms with Crippen LogP contribution in [-0.2, 0) is 17.7 Å². The summed E-state index contributed by atoms with van der Waals surface area (Å²) in [5.41, 5.74) is 2.52. The molecule has 1 unspecified atom stereocenters. The average molecular weight is 356 g/mol. The van der Waals surface area contributed by atoms with Crippen molar-refractivity contribution in [1.29, 1.82) is 0 Å². The van der Waals surface area contributed by atoms with E-state index in [-0.39, 0.29) is 0 Å². The number of ether oxygens (including phenoxy) is 1. The number of nitrogens with zero attached hydrogens (tertiary/aromatic N) is 5. The zero-order chi connectivity index (χ0) is 17.9. The van der Waals surface area contributed by atoms with E-state index in [2.05, 4.69) is 49.6 Å². The second-order valence-corrected chi connectivity index (χ2v) is 7.64. The van der Waals surface area contributed by atoms with Gasteiger partial charge in [0.05, 0.1) is 18.9 Å². The molecule has 0 radical (unpaired) electrons. The Hall–Kier alpha value is -1.99. The third kappa shape index (κ3) is 3.73. The van der Waals surface area contributed by atoms with Gasteiger partial charge in [0.2, 0.25) is 0 Å². The number of imidazole rings is 1. The number of hydrogen-bond donors (Lipinski definition) is 1. The molecule has 140 valence electrons. The maximum Gasteiger partial charge on any atom is 0.147 e. The number of H-pyrrole nitrogens is 1. The SMILES string of the molecule is CC(C)=CCN1Cc2nnc(C3CCOCC3)n2C(Cc2cnc[nH]2)C1. The highest BCUT2D eigenvalue weighted by atomic mass is 16.5. The van der Waals surface area contributed by atoms with Gasteiger partial charge in [-0.05, 0) is 26.7 Å². The van der Waals surface area contributed by atoms with E-state index in [0.717, 1.165) is 69.5 Å². The van der Waals surface area contributed by atoms with Crippen molar-refractivity contribution in [3.05, 3.63) is 41.5 Å².